The zero-order valence-corrected chi connectivity index (χ0v) is 29.7. The molecule has 1 aliphatic carbocycles. The van der Waals surface area contributed by atoms with Crippen molar-refractivity contribution < 1.29 is 37.0 Å². The number of carbonyl (C=O) groups is 2. The number of carbonyl (C=O) groups excluding carboxylic acids is 2. The average Bonchev–Trinajstić information content (AvgIpc) is 3.17. The lowest BCUT2D eigenvalue weighted by Gasteiger charge is -2.46. The fraction of sp³-hybridized carbons (Fsp3) is 0.556. The largest absolute Gasteiger partial charge is 0.488 e. The van der Waals surface area contributed by atoms with Crippen LogP contribution in [-0.4, -0.2) is 84.0 Å². The van der Waals surface area contributed by atoms with Crippen LogP contribution in [0.5, 0.6) is 5.75 Å². The van der Waals surface area contributed by atoms with Gasteiger partial charge in [0, 0.05) is 30.5 Å². The number of sulfonamides is 1. The minimum Gasteiger partial charge on any atom is -0.488 e. The molecule has 0 unspecified atom stereocenters. The fourth-order valence-corrected chi connectivity index (χ4v) is 8.78. The topological polar surface area (TPSA) is 124 Å². The van der Waals surface area contributed by atoms with E-state index in [1.807, 2.05) is 37.3 Å². The van der Waals surface area contributed by atoms with Crippen LogP contribution in [0.3, 0.4) is 0 Å². The summed E-state index contributed by atoms with van der Waals surface area (Å²) in [5.74, 6) is -0.648. The number of rotatable bonds is 2. The van der Waals surface area contributed by atoms with Gasteiger partial charge in [-0.1, -0.05) is 37.6 Å². The van der Waals surface area contributed by atoms with Crippen molar-refractivity contribution in [2.45, 2.75) is 62.2 Å². The van der Waals surface area contributed by atoms with Gasteiger partial charge in [-0.2, -0.15) is 0 Å². The highest BCUT2D eigenvalue weighted by Gasteiger charge is 2.46. The van der Waals surface area contributed by atoms with Gasteiger partial charge in [0.1, 0.15) is 24.1 Å². The Balaban J connectivity index is 1.28. The first-order valence-corrected chi connectivity index (χ1v) is 19.0. The van der Waals surface area contributed by atoms with Crippen LogP contribution in [0.2, 0.25) is 5.02 Å². The molecule has 13 heteroatoms. The van der Waals surface area contributed by atoms with Gasteiger partial charge in [0.05, 0.1) is 43.0 Å². The van der Waals surface area contributed by atoms with Gasteiger partial charge >= 0.3 is 6.09 Å². The molecule has 2 aromatic carbocycles. The first kappa shape index (κ1) is 34.1. The Bertz CT molecular complexity index is 1750. The number of allylic oxidation sites excluding steroid dienone is 1. The van der Waals surface area contributed by atoms with Gasteiger partial charge in [-0.15, -0.1) is 0 Å². The zero-order valence-electron chi connectivity index (χ0n) is 28.1. The highest BCUT2D eigenvalue weighted by atomic mass is 35.5. The van der Waals surface area contributed by atoms with Crippen LogP contribution in [0, 0.1) is 23.7 Å². The van der Waals surface area contributed by atoms with Gasteiger partial charge in [0.25, 0.3) is 10.0 Å². The minimum atomic E-state index is -4.18. The third kappa shape index (κ3) is 6.64. The quantitative estimate of drug-likeness (QED) is 0.433. The summed E-state index contributed by atoms with van der Waals surface area (Å²) in [5.41, 5.74) is 1.85. The summed E-state index contributed by atoms with van der Waals surface area (Å²) in [4.78, 5) is 30.3. The number of nitrogens with zero attached hydrogens (tertiary/aromatic N) is 2. The second kappa shape index (κ2) is 13.4. The summed E-state index contributed by atoms with van der Waals surface area (Å²) >= 11 is 6.40. The monoisotopic (exact) mass is 713 g/mol. The van der Waals surface area contributed by atoms with Crippen LogP contribution in [-0.2, 0) is 41.1 Å². The van der Waals surface area contributed by atoms with E-state index in [9.17, 15) is 18.0 Å². The van der Waals surface area contributed by atoms with Gasteiger partial charge in [0.15, 0.2) is 0 Å². The molecule has 1 N–H and O–H groups in total. The van der Waals surface area contributed by atoms with Crippen LogP contribution in [0.15, 0.2) is 53.4 Å². The van der Waals surface area contributed by atoms with Crippen LogP contribution < -0.4 is 14.4 Å². The van der Waals surface area contributed by atoms with E-state index in [-0.39, 0.29) is 35.3 Å². The van der Waals surface area contributed by atoms with Gasteiger partial charge in [-0.05, 0) is 85.1 Å². The molecular weight excluding hydrogens is 670 g/mol. The Morgan fingerprint density at radius 2 is 1.96 bits per heavy atom. The number of fused-ring (bicyclic) bond motifs is 4. The number of halogens is 1. The molecule has 1 saturated heterocycles. The SMILES string of the molecule is C[C@H]1C/C=C/[C@H](OC(=O)N(C)C2COC2)[C@@H]2CC[C@H]2CN2C[C@]3(COc4ccc(cc42)S(=O)(=O)NC(=O)[C@@H]1C)OCCc1cc(Cl)ccc13. The number of hydrogen-bond acceptors (Lipinski definition) is 9. The van der Waals surface area contributed by atoms with Gasteiger partial charge < -0.3 is 28.7 Å². The summed E-state index contributed by atoms with van der Waals surface area (Å²) in [6.45, 7) is 6.26. The molecule has 1 saturated carbocycles. The second-order valence-electron chi connectivity index (χ2n) is 14.2. The van der Waals surface area contributed by atoms with Crippen molar-refractivity contribution in [2.24, 2.45) is 23.7 Å². The number of amides is 2. The standard InChI is InChI=1S/C36H44ClN3O8S/c1-22-5-4-6-32(48-35(42)39(3)27-18-45-19-27)29-10-7-25(29)17-40-20-36(30-11-8-26(37)15-24(30)13-14-47-36)21-46-33-12-9-28(16-31(33)40)49(43,44)38-34(41)23(22)2/h4,6,8-9,11-12,15-16,22-23,25,27,29,32H,5,7,10,13-14,17-21H2,1-3H3,(H,38,41)/b6-4+/t22-,23+,25-,29+,32-,36+/m0/s1. The predicted octanol–water partition coefficient (Wildman–Crippen LogP) is 4.91. The van der Waals surface area contributed by atoms with Crippen molar-refractivity contribution in [1.82, 2.24) is 9.62 Å². The number of nitrogens with one attached hydrogen (secondary N) is 1. The summed E-state index contributed by atoms with van der Waals surface area (Å²) in [6.07, 6.45) is 6.05. The first-order chi connectivity index (χ1) is 23.4. The van der Waals surface area contributed by atoms with Crippen LogP contribution >= 0.6 is 11.6 Å². The van der Waals surface area contributed by atoms with Crippen molar-refractivity contribution >= 4 is 39.3 Å². The Morgan fingerprint density at radius 1 is 1.14 bits per heavy atom. The van der Waals surface area contributed by atoms with Gasteiger partial charge in [-0.3, -0.25) is 4.79 Å². The van der Waals surface area contributed by atoms with E-state index < -0.39 is 39.6 Å². The van der Waals surface area contributed by atoms with Crippen molar-refractivity contribution in [3.05, 3.63) is 64.7 Å². The maximum Gasteiger partial charge on any atom is 0.410 e. The Labute approximate surface area is 292 Å². The summed E-state index contributed by atoms with van der Waals surface area (Å²) < 4.78 is 54.1. The van der Waals surface area contributed by atoms with Gasteiger partial charge in [0.2, 0.25) is 5.91 Å². The molecule has 2 bridgehead atoms. The predicted molar refractivity (Wildman–Crippen MR) is 183 cm³/mol. The van der Waals surface area contributed by atoms with Crippen molar-refractivity contribution in [3.8, 4) is 5.75 Å². The van der Waals surface area contributed by atoms with E-state index in [1.165, 1.54) is 6.07 Å². The third-order valence-corrected chi connectivity index (χ3v) is 12.8. The lowest BCUT2D eigenvalue weighted by molar-refractivity contribution is -0.124. The number of anilines is 1. The molecule has 4 heterocycles. The fourth-order valence-electron chi connectivity index (χ4n) is 7.50. The van der Waals surface area contributed by atoms with E-state index in [1.54, 1.807) is 31.0 Å². The summed E-state index contributed by atoms with van der Waals surface area (Å²) in [7, 11) is -2.44. The Hall–Kier alpha value is -3.32. The number of likely N-dealkylation sites (N-methyl/N-ethyl adjacent to an activating group) is 1. The number of benzene rings is 2. The van der Waals surface area contributed by atoms with Crippen LogP contribution in [0.25, 0.3) is 0 Å². The van der Waals surface area contributed by atoms with E-state index >= 15 is 0 Å². The Morgan fingerprint density at radius 3 is 2.69 bits per heavy atom. The molecule has 1 spiro atoms. The van der Waals surface area contributed by atoms with Crippen molar-refractivity contribution in [1.29, 1.82) is 0 Å². The third-order valence-electron chi connectivity index (χ3n) is 11.2. The molecule has 2 amide bonds. The molecule has 0 aromatic heterocycles. The molecular formula is C36H44ClN3O8S. The van der Waals surface area contributed by atoms with E-state index in [2.05, 4.69) is 9.62 Å². The maximum absolute atomic E-state index is 13.6. The number of hydrogen-bond donors (Lipinski definition) is 1. The molecule has 49 heavy (non-hydrogen) atoms. The minimum absolute atomic E-state index is 0.0113. The molecule has 5 aliphatic rings. The van der Waals surface area contributed by atoms with Crippen molar-refractivity contribution in [3.63, 3.8) is 0 Å². The zero-order chi connectivity index (χ0) is 34.5. The molecule has 6 atom stereocenters. The van der Waals surface area contributed by atoms with Gasteiger partial charge in [-0.25, -0.2) is 17.9 Å². The van der Waals surface area contributed by atoms with E-state index in [0.29, 0.717) is 55.8 Å². The molecule has 2 aromatic rings. The molecule has 4 aliphatic heterocycles. The highest BCUT2D eigenvalue weighted by molar-refractivity contribution is 7.90. The van der Waals surface area contributed by atoms with E-state index in [0.717, 1.165) is 30.4 Å². The molecule has 11 nitrogen and oxygen atoms in total. The van der Waals surface area contributed by atoms with Crippen molar-refractivity contribution in [2.75, 3.05) is 51.5 Å². The maximum atomic E-state index is 13.6. The second-order valence-corrected chi connectivity index (χ2v) is 16.4. The lowest BCUT2D eigenvalue weighted by Crippen LogP contribution is -2.53. The molecule has 2 fully saturated rings. The van der Waals surface area contributed by atoms with E-state index in [4.69, 9.17) is 30.5 Å². The van der Waals surface area contributed by atoms with Crippen LogP contribution in [0.4, 0.5) is 10.5 Å². The molecule has 264 valence electrons. The number of ether oxygens (including phenoxy) is 4. The molecule has 0 radical (unpaired) electrons. The normalized spacial score (nSPS) is 31.8. The highest BCUT2D eigenvalue weighted by Crippen LogP contribution is 2.46. The Kier molecular flexibility index (Phi) is 9.36. The smallest absolute Gasteiger partial charge is 0.410 e. The average molecular weight is 714 g/mol. The van der Waals surface area contributed by atoms with Crippen LogP contribution in [0.1, 0.15) is 44.2 Å². The first-order valence-electron chi connectivity index (χ1n) is 17.1. The lowest BCUT2D eigenvalue weighted by atomic mass is 9.70. The summed E-state index contributed by atoms with van der Waals surface area (Å²) in [5, 5.41) is 0.653. The summed E-state index contributed by atoms with van der Waals surface area (Å²) in [6, 6.07) is 10.6. The molecule has 7 rings (SSSR count).